The van der Waals surface area contributed by atoms with E-state index in [4.69, 9.17) is 0 Å². The van der Waals surface area contributed by atoms with Gasteiger partial charge in [-0.05, 0) is 24.5 Å². The number of urea groups is 1. The standard InChI is InChI=1S/C16H18N6OS/c1-12-5-2-3-6-13(12)14-11-18-16(24-14)20-15(23)17-7-4-9-22-10-8-19-21-22/h2-3,5-6,8,10-11H,4,7,9H2,1H3,(H2,17,18,20,23). The second-order valence-electron chi connectivity index (χ2n) is 5.25. The molecule has 0 aliphatic heterocycles. The second kappa shape index (κ2) is 7.69. The third-order valence-corrected chi connectivity index (χ3v) is 4.40. The third kappa shape index (κ3) is 4.17. The Bertz CT molecular complexity index is 799. The molecule has 2 heterocycles. The van der Waals surface area contributed by atoms with Crippen molar-refractivity contribution in [2.24, 2.45) is 0 Å². The number of carbonyl (C=O) groups excluding carboxylic acids is 1. The number of thiazole rings is 1. The Morgan fingerprint density at radius 1 is 1.33 bits per heavy atom. The van der Waals surface area contributed by atoms with E-state index in [1.54, 1.807) is 23.3 Å². The molecule has 8 heteroatoms. The van der Waals surface area contributed by atoms with Crippen molar-refractivity contribution in [2.75, 3.05) is 11.9 Å². The predicted octanol–water partition coefficient (Wildman–Crippen LogP) is 2.92. The number of rotatable bonds is 6. The van der Waals surface area contributed by atoms with Gasteiger partial charge in [0.25, 0.3) is 0 Å². The lowest BCUT2D eigenvalue weighted by Crippen LogP contribution is -2.30. The van der Waals surface area contributed by atoms with Crippen molar-refractivity contribution in [1.82, 2.24) is 25.3 Å². The van der Waals surface area contributed by atoms with E-state index >= 15 is 0 Å². The average Bonchev–Trinajstić information content (AvgIpc) is 3.24. The van der Waals surface area contributed by atoms with Gasteiger partial charge >= 0.3 is 6.03 Å². The number of carbonyl (C=O) groups is 1. The molecule has 2 amide bonds. The van der Waals surface area contributed by atoms with Crippen LogP contribution in [0.25, 0.3) is 10.4 Å². The smallest absolute Gasteiger partial charge is 0.321 e. The van der Waals surface area contributed by atoms with Crippen LogP contribution in [-0.4, -0.2) is 32.6 Å². The largest absolute Gasteiger partial charge is 0.338 e. The highest BCUT2D eigenvalue weighted by molar-refractivity contribution is 7.19. The minimum atomic E-state index is -0.251. The van der Waals surface area contributed by atoms with Crippen LogP contribution in [0.15, 0.2) is 42.9 Å². The summed E-state index contributed by atoms with van der Waals surface area (Å²) in [4.78, 5) is 17.2. The molecule has 0 saturated carbocycles. The maximum atomic E-state index is 11.9. The molecule has 0 spiro atoms. The van der Waals surface area contributed by atoms with E-state index < -0.39 is 0 Å². The SMILES string of the molecule is Cc1ccccc1-c1cnc(NC(=O)NCCCn2ccnn2)s1. The summed E-state index contributed by atoms with van der Waals surface area (Å²) < 4.78 is 1.73. The molecule has 24 heavy (non-hydrogen) atoms. The highest BCUT2D eigenvalue weighted by Gasteiger charge is 2.09. The Morgan fingerprint density at radius 3 is 3.00 bits per heavy atom. The van der Waals surface area contributed by atoms with Gasteiger partial charge in [-0.15, -0.1) is 5.10 Å². The number of amides is 2. The van der Waals surface area contributed by atoms with Crippen molar-refractivity contribution in [3.05, 3.63) is 48.4 Å². The zero-order chi connectivity index (χ0) is 16.8. The molecule has 2 aromatic heterocycles. The normalized spacial score (nSPS) is 10.5. The molecule has 0 radical (unpaired) electrons. The molecule has 0 aliphatic rings. The van der Waals surface area contributed by atoms with Crippen LogP contribution in [0.2, 0.25) is 0 Å². The summed E-state index contributed by atoms with van der Waals surface area (Å²) in [6.45, 7) is 3.33. The van der Waals surface area contributed by atoms with Gasteiger partial charge in [-0.3, -0.25) is 10.00 Å². The first-order valence-electron chi connectivity index (χ1n) is 7.63. The van der Waals surface area contributed by atoms with Gasteiger partial charge in [-0.1, -0.05) is 40.8 Å². The molecule has 0 fully saturated rings. The molecule has 0 aliphatic carbocycles. The molecule has 0 atom stereocenters. The molecular formula is C16H18N6OS. The summed E-state index contributed by atoms with van der Waals surface area (Å²) in [7, 11) is 0. The number of nitrogens with zero attached hydrogens (tertiary/aromatic N) is 4. The molecule has 2 N–H and O–H groups in total. The molecule has 3 aromatic rings. The Labute approximate surface area is 143 Å². The van der Waals surface area contributed by atoms with E-state index in [9.17, 15) is 4.79 Å². The summed E-state index contributed by atoms with van der Waals surface area (Å²) in [5.41, 5.74) is 2.32. The van der Waals surface area contributed by atoms with Gasteiger partial charge < -0.3 is 5.32 Å². The quantitative estimate of drug-likeness (QED) is 0.675. The summed E-state index contributed by atoms with van der Waals surface area (Å²) in [5, 5.41) is 13.8. The number of aryl methyl sites for hydroxylation is 2. The van der Waals surface area contributed by atoms with Crippen LogP contribution < -0.4 is 10.6 Å². The van der Waals surface area contributed by atoms with Crippen molar-refractivity contribution in [3.63, 3.8) is 0 Å². The first kappa shape index (κ1) is 16.1. The molecule has 1 aromatic carbocycles. The Hall–Kier alpha value is -2.74. The van der Waals surface area contributed by atoms with Gasteiger partial charge in [0.15, 0.2) is 5.13 Å². The van der Waals surface area contributed by atoms with Crippen molar-refractivity contribution >= 4 is 22.5 Å². The van der Waals surface area contributed by atoms with E-state index in [1.807, 2.05) is 12.1 Å². The second-order valence-corrected chi connectivity index (χ2v) is 6.28. The first-order chi connectivity index (χ1) is 11.7. The highest BCUT2D eigenvalue weighted by atomic mass is 32.1. The molecule has 3 rings (SSSR count). The summed E-state index contributed by atoms with van der Waals surface area (Å²) >= 11 is 1.46. The van der Waals surface area contributed by atoms with Crippen molar-refractivity contribution < 1.29 is 4.79 Å². The predicted molar refractivity (Wildman–Crippen MR) is 93.9 cm³/mol. The van der Waals surface area contributed by atoms with Gasteiger partial charge in [-0.25, -0.2) is 9.78 Å². The van der Waals surface area contributed by atoms with E-state index in [1.165, 1.54) is 16.9 Å². The Morgan fingerprint density at radius 2 is 2.21 bits per heavy atom. The van der Waals surface area contributed by atoms with Crippen molar-refractivity contribution in [3.8, 4) is 10.4 Å². The van der Waals surface area contributed by atoms with E-state index in [0.29, 0.717) is 11.7 Å². The summed E-state index contributed by atoms with van der Waals surface area (Å²) in [6.07, 6.45) is 5.99. The van der Waals surface area contributed by atoms with Crippen molar-refractivity contribution in [1.29, 1.82) is 0 Å². The fraction of sp³-hybridized carbons (Fsp3) is 0.250. The minimum Gasteiger partial charge on any atom is -0.338 e. The van der Waals surface area contributed by atoms with Crippen LogP contribution in [-0.2, 0) is 6.54 Å². The van der Waals surface area contributed by atoms with Crippen LogP contribution in [0.5, 0.6) is 0 Å². The zero-order valence-corrected chi connectivity index (χ0v) is 14.1. The van der Waals surface area contributed by atoms with Gasteiger partial charge in [0.1, 0.15) is 0 Å². The summed E-state index contributed by atoms with van der Waals surface area (Å²) in [6, 6.07) is 7.86. The Kier molecular flexibility index (Phi) is 5.17. The van der Waals surface area contributed by atoms with Crippen molar-refractivity contribution in [2.45, 2.75) is 19.9 Å². The van der Waals surface area contributed by atoms with E-state index in [2.05, 4.69) is 45.0 Å². The van der Waals surface area contributed by atoms with E-state index in [-0.39, 0.29) is 6.03 Å². The lowest BCUT2D eigenvalue weighted by atomic mass is 10.1. The van der Waals surface area contributed by atoms with Gasteiger partial charge in [0, 0.05) is 25.5 Å². The number of anilines is 1. The maximum Gasteiger partial charge on any atom is 0.321 e. The highest BCUT2D eigenvalue weighted by Crippen LogP contribution is 2.30. The van der Waals surface area contributed by atoms with Crippen LogP contribution >= 0.6 is 11.3 Å². The fourth-order valence-corrected chi connectivity index (χ4v) is 3.14. The Balaban J connectivity index is 1.47. The van der Waals surface area contributed by atoms with Gasteiger partial charge in [0.2, 0.25) is 0 Å². The van der Waals surface area contributed by atoms with Crippen LogP contribution in [0.1, 0.15) is 12.0 Å². The number of aromatic nitrogens is 4. The maximum absolute atomic E-state index is 11.9. The molecule has 0 saturated heterocycles. The lowest BCUT2D eigenvalue weighted by molar-refractivity contribution is 0.251. The third-order valence-electron chi connectivity index (χ3n) is 3.46. The number of hydrogen-bond donors (Lipinski definition) is 2. The van der Waals surface area contributed by atoms with Crippen LogP contribution in [0.4, 0.5) is 9.93 Å². The minimum absolute atomic E-state index is 0.251. The molecule has 7 nitrogen and oxygen atoms in total. The molecule has 124 valence electrons. The van der Waals surface area contributed by atoms with Gasteiger partial charge in [-0.2, -0.15) is 0 Å². The monoisotopic (exact) mass is 342 g/mol. The topological polar surface area (TPSA) is 84.7 Å². The molecular weight excluding hydrogens is 324 g/mol. The number of nitrogens with one attached hydrogen (secondary N) is 2. The van der Waals surface area contributed by atoms with Crippen LogP contribution in [0.3, 0.4) is 0 Å². The fourth-order valence-electron chi connectivity index (χ4n) is 2.24. The zero-order valence-electron chi connectivity index (χ0n) is 13.3. The first-order valence-corrected chi connectivity index (χ1v) is 8.45. The number of benzene rings is 1. The molecule has 0 bridgehead atoms. The van der Waals surface area contributed by atoms with Gasteiger partial charge in [0.05, 0.1) is 11.1 Å². The van der Waals surface area contributed by atoms with E-state index in [0.717, 1.165) is 23.4 Å². The lowest BCUT2D eigenvalue weighted by Gasteiger charge is -2.05. The molecule has 0 unspecified atom stereocenters. The van der Waals surface area contributed by atoms with Crippen LogP contribution in [0, 0.1) is 6.92 Å². The summed E-state index contributed by atoms with van der Waals surface area (Å²) in [5.74, 6) is 0. The number of hydrogen-bond acceptors (Lipinski definition) is 5. The average molecular weight is 342 g/mol.